The number of benzene rings is 1. The molecule has 0 aliphatic carbocycles. The van der Waals surface area contributed by atoms with E-state index in [0.29, 0.717) is 6.42 Å². The Hall–Kier alpha value is -2.97. The van der Waals surface area contributed by atoms with Gasteiger partial charge in [-0.1, -0.05) is 0 Å². The van der Waals surface area contributed by atoms with E-state index in [1.54, 1.807) is 0 Å². The molecule has 22 heavy (non-hydrogen) atoms. The molecule has 0 aliphatic rings. The first-order chi connectivity index (χ1) is 10.4. The lowest BCUT2D eigenvalue weighted by Gasteiger charge is -2.07. The molecular weight excluding hydrogens is 294 g/mol. The fourth-order valence-corrected chi connectivity index (χ4v) is 1.49. The largest absolute Gasteiger partial charge is 0.469 e. The fraction of sp³-hybridized carbons (Fsp3) is 0.308. The van der Waals surface area contributed by atoms with Crippen molar-refractivity contribution in [2.75, 3.05) is 7.11 Å². The van der Waals surface area contributed by atoms with Gasteiger partial charge in [0.25, 0.3) is 11.6 Å². The molecule has 1 rings (SSSR count). The maximum absolute atomic E-state index is 11.7. The van der Waals surface area contributed by atoms with Gasteiger partial charge in [0.15, 0.2) is 0 Å². The predicted octanol–water partition coefficient (Wildman–Crippen LogP) is 0.699. The van der Waals surface area contributed by atoms with Crippen molar-refractivity contribution in [1.29, 1.82) is 0 Å². The van der Waals surface area contributed by atoms with E-state index < -0.39 is 22.7 Å². The summed E-state index contributed by atoms with van der Waals surface area (Å²) in [5, 5.41) is 10.5. The van der Waals surface area contributed by atoms with Crippen LogP contribution in [0.4, 0.5) is 5.69 Å². The summed E-state index contributed by atoms with van der Waals surface area (Å²) in [5.41, 5.74) is 4.39. The first-order valence-corrected chi connectivity index (χ1v) is 6.34. The molecule has 1 aromatic carbocycles. The number of non-ortho nitro benzene ring substituents is 1. The summed E-state index contributed by atoms with van der Waals surface area (Å²) in [7, 11) is 1.26. The number of amides is 2. The van der Waals surface area contributed by atoms with Crippen molar-refractivity contribution < 1.29 is 24.0 Å². The number of hydrazine groups is 1. The predicted molar refractivity (Wildman–Crippen MR) is 74.6 cm³/mol. The minimum Gasteiger partial charge on any atom is -0.469 e. The highest BCUT2D eigenvalue weighted by Gasteiger charge is 2.10. The number of hydrogen-bond acceptors (Lipinski definition) is 6. The molecule has 0 aromatic heterocycles. The van der Waals surface area contributed by atoms with Gasteiger partial charge in [-0.25, -0.2) is 0 Å². The molecule has 9 nitrogen and oxygen atoms in total. The molecule has 0 aliphatic heterocycles. The highest BCUT2D eigenvalue weighted by Crippen LogP contribution is 2.11. The van der Waals surface area contributed by atoms with Crippen LogP contribution in [0.2, 0.25) is 0 Å². The maximum Gasteiger partial charge on any atom is 0.305 e. The molecule has 0 heterocycles. The molecule has 0 spiro atoms. The average Bonchev–Trinajstić information content (AvgIpc) is 2.52. The summed E-state index contributed by atoms with van der Waals surface area (Å²) in [5.74, 6) is -1.47. The first kappa shape index (κ1) is 17.1. The van der Waals surface area contributed by atoms with E-state index in [2.05, 4.69) is 15.6 Å². The van der Waals surface area contributed by atoms with Crippen molar-refractivity contribution in [3.63, 3.8) is 0 Å². The zero-order valence-corrected chi connectivity index (χ0v) is 11.8. The molecular formula is C13H15N3O6. The third-order valence-corrected chi connectivity index (χ3v) is 2.67. The van der Waals surface area contributed by atoms with E-state index in [1.165, 1.54) is 31.4 Å². The Balaban J connectivity index is 2.37. The van der Waals surface area contributed by atoms with E-state index in [9.17, 15) is 24.5 Å². The van der Waals surface area contributed by atoms with Gasteiger partial charge in [-0.05, 0) is 18.6 Å². The molecule has 0 saturated carbocycles. The van der Waals surface area contributed by atoms with E-state index >= 15 is 0 Å². The lowest BCUT2D eigenvalue weighted by molar-refractivity contribution is -0.384. The van der Waals surface area contributed by atoms with Crippen LogP contribution in [-0.4, -0.2) is 29.8 Å². The van der Waals surface area contributed by atoms with E-state index in [1.807, 2.05) is 0 Å². The summed E-state index contributed by atoms with van der Waals surface area (Å²) in [6, 6.07) is 4.92. The molecule has 118 valence electrons. The minimum absolute atomic E-state index is 0.0512. The molecule has 0 radical (unpaired) electrons. The summed E-state index contributed by atoms with van der Waals surface area (Å²) in [6.07, 6.45) is 0.460. The molecule has 2 N–H and O–H groups in total. The van der Waals surface area contributed by atoms with E-state index in [4.69, 9.17) is 0 Å². The fourth-order valence-electron chi connectivity index (χ4n) is 1.49. The second kappa shape index (κ2) is 8.35. The standard InChI is InChI=1S/C13H15N3O6/c1-22-12(18)4-2-3-11(17)14-15-13(19)9-5-7-10(8-6-9)16(20)21/h5-8H,2-4H2,1H3,(H,14,17)(H,15,19). The highest BCUT2D eigenvalue weighted by atomic mass is 16.6. The number of nitrogens with zero attached hydrogens (tertiary/aromatic N) is 1. The van der Waals surface area contributed by atoms with Gasteiger partial charge in [-0.2, -0.15) is 0 Å². The van der Waals surface area contributed by atoms with Gasteiger partial charge in [0.05, 0.1) is 12.0 Å². The highest BCUT2D eigenvalue weighted by molar-refractivity contribution is 5.95. The maximum atomic E-state index is 11.7. The lowest BCUT2D eigenvalue weighted by atomic mass is 10.2. The quantitative estimate of drug-likeness (QED) is 0.452. The van der Waals surface area contributed by atoms with Gasteiger partial charge in [-0.15, -0.1) is 0 Å². The van der Waals surface area contributed by atoms with Crippen LogP contribution in [-0.2, 0) is 14.3 Å². The number of rotatable bonds is 6. The van der Waals surface area contributed by atoms with E-state index in [0.717, 1.165) is 0 Å². The number of methoxy groups -OCH3 is 1. The Morgan fingerprint density at radius 3 is 2.32 bits per heavy atom. The Labute approximate surface area is 125 Å². The number of nitrogens with one attached hydrogen (secondary N) is 2. The molecule has 0 bridgehead atoms. The summed E-state index contributed by atoms with van der Waals surface area (Å²) in [6.45, 7) is 0. The van der Waals surface area contributed by atoms with Crippen molar-refractivity contribution in [3.8, 4) is 0 Å². The Morgan fingerprint density at radius 2 is 1.77 bits per heavy atom. The van der Waals surface area contributed by atoms with Crippen molar-refractivity contribution in [1.82, 2.24) is 10.9 Å². The first-order valence-electron chi connectivity index (χ1n) is 6.34. The van der Waals surface area contributed by atoms with Crippen LogP contribution < -0.4 is 10.9 Å². The van der Waals surface area contributed by atoms with Crippen LogP contribution in [0.1, 0.15) is 29.6 Å². The van der Waals surface area contributed by atoms with Crippen molar-refractivity contribution in [3.05, 3.63) is 39.9 Å². The van der Waals surface area contributed by atoms with Gasteiger partial charge in [0.2, 0.25) is 5.91 Å². The van der Waals surface area contributed by atoms with Crippen LogP contribution in [0.15, 0.2) is 24.3 Å². The van der Waals surface area contributed by atoms with Crippen molar-refractivity contribution in [2.45, 2.75) is 19.3 Å². The smallest absolute Gasteiger partial charge is 0.305 e. The Bertz CT molecular complexity index is 570. The molecule has 9 heteroatoms. The average molecular weight is 309 g/mol. The number of ether oxygens (including phenoxy) is 1. The summed E-state index contributed by atoms with van der Waals surface area (Å²) in [4.78, 5) is 43.9. The molecule has 0 fully saturated rings. The van der Waals surface area contributed by atoms with Gasteiger partial charge in [0, 0.05) is 30.5 Å². The van der Waals surface area contributed by atoms with Gasteiger partial charge < -0.3 is 4.74 Å². The number of nitro benzene ring substituents is 1. The zero-order valence-electron chi connectivity index (χ0n) is 11.8. The molecule has 0 atom stereocenters. The number of nitro groups is 1. The molecule has 1 aromatic rings. The van der Waals surface area contributed by atoms with Gasteiger partial charge in [-0.3, -0.25) is 35.3 Å². The number of carbonyl (C=O) groups excluding carboxylic acids is 3. The topological polar surface area (TPSA) is 128 Å². The molecule has 2 amide bonds. The molecule has 0 unspecified atom stereocenters. The number of hydrogen-bond donors (Lipinski definition) is 2. The minimum atomic E-state index is -0.601. The van der Waals surface area contributed by atoms with Crippen LogP contribution in [0, 0.1) is 10.1 Å². The van der Waals surface area contributed by atoms with E-state index in [-0.39, 0.29) is 24.1 Å². The van der Waals surface area contributed by atoms with Crippen LogP contribution >= 0.6 is 0 Å². The monoisotopic (exact) mass is 309 g/mol. The summed E-state index contributed by atoms with van der Waals surface area (Å²) < 4.78 is 4.43. The Kier molecular flexibility index (Phi) is 6.48. The zero-order chi connectivity index (χ0) is 16.5. The number of esters is 1. The lowest BCUT2D eigenvalue weighted by Crippen LogP contribution is -2.41. The van der Waals surface area contributed by atoms with Gasteiger partial charge >= 0.3 is 5.97 Å². The third kappa shape index (κ3) is 5.57. The SMILES string of the molecule is COC(=O)CCCC(=O)NNC(=O)c1ccc([N+](=O)[O-])cc1. The second-order valence-electron chi connectivity index (χ2n) is 4.24. The third-order valence-electron chi connectivity index (χ3n) is 2.67. The second-order valence-corrected chi connectivity index (χ2v) is 4.24. The van der Waals surface area contributed by atoms with Crippen molar-refractivity contribution >= 4 is 23.5 Å². The Morgan fingerprint density at radius 1 is 1.14 bits per heavy atom. The van der Waals surface area contributed by atoms with Crippen LogP contribution in [0.5, 0.6) is 0 Å². The summed E-state index contributed by atoms with van der Waals surface area (Å²) >= 11 is 0. The molecule has 0 saturated heterocycles. The van der Waals surface area contributed by atoms with Crippen LogP contribution in [0.25, 0.3) is 0 Å². The van der Waals surface area contributed by atoms with Gasteiger partial charge in [0.1, 0.15) is 0 Å². The number of carbonyl (C=O) groups is 3. The van der Waals surface area contributed by atoms with Crippen LogP contribution in [0.3, 0.4) is 0 Å². The van der Waals surface area contributed by atoms with Crippen molar-refractivity contribution in [2.24, 2.45) is 0 Å². The normalized spacial score (nSPS) is 9.68.